The number of nitrogen functional groups attached to an aromatic ring is 1. The molecular formula is C14H12F3NS. The third kappa shape index (κ3) is 3.44. The van der Waals surface area contributed by atoms with Gasteiger partial charge in [0.05, 0.1) is 5.56 Å². The van der Waals surface area contributed by atoms with Crippen molar-refractivity contribution in [2.24, 2.45) is 0 Å². The fourth-order valence-electron chi connectivity index (χ4n) is 1.59. The van der Waals surface area contributed by atoms with Crippen LogP contribution in [0.3, 0.4) is 0 Å². The Labute approximate surface area is 113 Å². The third-order valence-corrected chi connectivity index (χ3v) is 3.58. The van der Waals surface area contributed by atoms with Crippen molar-refractivity contribution >= 4 is 17.4 Å². The first-order valence-corrected chi connectivity index (χ1v) is 6.39. The van der Waals surface area contributed by atoms with Gasteiger partial charge in [-0.2, -0.15) is 13.2 Å². The van der Waals surface area contributed by atoms with Gasteiger partial charge in [-0.05, 0) is 37.3 Å². The smallest absolute Gasteiger partial charge is 0.398 e. The monoisotopic (exact) mass is 283 g/mol. The maximum Gasteiger partial charge on any atom is 0.418 e. The minimum Gasteiger partial charge on any atom is -0.398 e. The molecule has 0 aliphatic carbocycles. The summed E-state index contributed by atoms with van der Waals surface area (Å²) in [7, 11) is 0. The molecule has 2 rings (SSSR count). The zero-order valence-corrected chi connectivity index (χ0v) is 11.0. The van der Waals surface area contributed by atoms with Crippen molar-refractivity contribution in [2.45, 2.75) is 22.9 Å². The standard InChI is InChI=1S/C14H12F3NS/c1-9-2-4-10(5-3-9)19-11-6-7-13(18)12(8-11)14(15,16)17/h2-8H,18H2,1H3. The zero-order valence-electron chi connectivity index (χ0n) is 10.2. The maximum atomic E-state index is 12.7. The molecule has 0 aliphatic rings. The summed E-state index contributed by atoms with van der Waals surface area (Å²) in [5.41, 5.74) is 5.43. The van der Waals surface area contributed by atoms with Crippen LogP contribution in [-0.2, 0) is 6.18 Å². The van der Waals surface area contributed by atoms with E-state index in [1.807, 2.05) is 31.2 Å². The van der Waals surface area contributed by atoms with Gasteiger partial charge in [-0.25, -0.2) is 0 Å². The van der Waals surface area contributed by atoms with E-state index in [0.29, 0.717) is 4.90 Å². The molecule has 0 heterocycles. The van der Waals surface area contributed by atoms with Gasteiger partial charge in [0, 0.05) is 15.5 Å². The van der Waals surface area contributed by atoms with Crippen molar-refractivity contribution in [1.82, 2.24) is 0 Å². The molecule has 0 atom stereocenters. The van der Waals surface area contributed by atoms with Crippen molar-refractivity contribution < 1.29 is 13.2 Å². The van der Waals surface area contributed by atoms with Crippen LogP contribution in [0.1, 0.15) is 11.1 Å². The Morgan fingerprint density at radius 2 is 1.53 bits per heavy atom. The first kappa shape index (κ1) is 13.8. The Bertz CT molecular complexity index is 576. The average molecular weight is 283 g/mol. The quantitative estimate of drug-likeness (QED) is 0.805. The van der Waals surface area contributed by atoms with Crippen LogP contribution in [0.4, 0.5) is 18.9 Å². The van der Waals surface area contributed by atoms with E-state index in [-0.39, 0.29) is 5.69 Å². The van der Waals surface area contributed by atoms with Crippen molar-refractivity contribution in [3.8, 4) is 0 Å². The van der Waals surface area contributed by atoms with Gasteiger partial charge in [0.25, 0.3) is 0 Å². The van der Waals surface area contributed by atoms with Crippen LogP contribution >= 0.6 is 11.8 Å². The SMILES string of the molecule is Cc1ccc(Sc2ccc(N)c(C(F)(F)F)c2)cc1. The average Bonchev–Trinajstić information content (AvgIpc) is 2.33. The normalized spacial score (nSPS) is 11.6. The molecule has 0 saturated carbocycles. The van der Waals surface area contributed by atoms with E-state index >= 15 is 0 Å². The molecule has 1 nitrogen and oxygen atoms in total. The lowest BCUT2D eigenvalue weighted by atomic mass is 10.2. The van der Waals surface area contributed by atoms with Crippen LogP contribution < -0.4 is 5.73 Å². The molecule has 0 aromatic heterocycles. The number of anilines is 1. The van der Waals surface area contributed by atoms with Crippen LogP contribution in [0.15, 0.2) is 52.3 Å². The molecule has 0 amide bonds. The number of halogens is 3. The summed E-state index contributed by atoms with van der Waals surface area (Å²) in [5, 5.41) is 0. The summed E-state index contributed by atoms with van der Waals surface area (Å²) in [6, 6.07) is 11.6. The highest BCUT2D eigenvalue weighted by Crippen LogP contribution is 2.37. The topological polar surface area (TPSA) is 26.0 Å². The highest BCUT2D eigenvalue weighted by Gasteiger charge is 2.33. The minimum absolute atomic E-state index is 0.249. The predicted molar refractivity (Wildman–Crippen MR) is 71.2 cm³/mol. The van der Waals surface area contributed by atoms with Crippen molar-refractivity contribution in [1.29, 1.82) is 0 Å². The Balaban J connectivity index is 2.29. The van der Waals surface area contributed by atoms with Gasteiger partial charge in [0.15, 0.2) is 0 Å². The first-order valence-electron chi connectivity index (χ1n) is 5.57. The third-order valence-electron chi connectivity index (χ3n) is 2.59. The lowest BCUT2D eigenvalue weighted by Gasteiger charge is -2.11. The van der Waals surface area contributed by atoms with Crippen LogP contribution in [-0.4, -0.2) is 0 Å². The molecule has 0 aliphatic heterocycles. The highest BCUT2D eigenvalue weighted by atomic mass is 32.2. The van der Waals surface area contributed by atoms with Crippen molar-refractivity contribution in [2.75, 3.05) is 5.73 Å². The Hall–Kier alpha value is -1.62. The first-order chi connectivity index (χ1) is 8.86. The van der Waals surface area contributed by atoms with Crippen molar-refractivity contribution in [3.63, 3.8) is 0 Å². The fraction of sp³-hybridized carbons (Fsp3) is 0.143. The Kier molecular flexibility index (Phi) is 3.75. The summed E-state index contributed by atoms with van der Waals surface area (Å²) in [5.74, 6) is 0. The van der Waals surface area contributed by atoms with E-state index in [2.05, 4.69) is 0 Å². The number of benzene rings is 2. The number of hydrogen-bond donors (Lipinski definition) is 1. The van der Waals surface area contributed by atoms with Crippen molar-refractivity contribution in [3.05, 3.63) is 53.6 Å². The Morgan fingerprint density at radius 1 is 0.947 bits per heavy atom. The minimum atomic E-state index is -4.42. The second kappa shape index (κ2) is 5.17. The molecule has 0 fully saturated rings. The lowest BCUT2D eigenvalue weighted by Crippen LogP contribution is -2.08. The summed E-state index contributed by atoms with van der Waals surface area (Å²) in [6.45, 7) is 1.96. The molecule has 2 aromatic rings. The van der Waals surface area contributed by atoms with Gasteiger partial charge in [0.1, 0.15) is 0 Å². The van der Waals surface area contributed by atoms with Gasteiger partial charge < -0.3 is 5.73 Å². The molecule has 5 heteroatoms. The molecule has 0 radical (unpaired) electrons. The fourth-order valence-corrected chi connectivity index (χ4v) is 2.44. The summed E-state index contributed by atoms with van der Waals surface area (Å²) in [4.78, 5) is 1.41. The number of rotatable bonds is 2. The molecule has 2 aromatic carbocycles. The van der Waals surface area contributed by atoms with Crippen LogP contribution in [0.5, 0.6) is 0 Å². The van der Waals surface area contributed by atoms with Gasteiger partial charge in [-0.3, -0.25) is 0 Å². The van der Waals surface area contributed by atoms with Gasteiger partial charge in [0.2, 0.25) is 0 Å². The van der Waals surface area contributed by atoms with Crippen LogP contribution in [0.2, 0.25) is 0 Å². The van der Waals surface area contributed by atoms with E-state index in [1.54, 1.807) is 6.07 Å². The highest BCUT2D eigenvalue weighted by molar-refractivity contribution is 7.99. The number of nitrogens with two attached hydrogens (primary N) is 1. The second-order valence-electron chi connectivity index (χ2n) is 4.16. The lowest BCUT2D eigenvalue weighted by molar-refractivity contribution is -0.137. The maximum absolute atomic E-state index is 12.7. The van der Waals surface area contributed by atoms with E-state index < -0.39 is 11.7 Å². The molecule has 19 heavy (non-hydrogen) atoms. The molecule has 0 saturated heterocycles. The summed E-state index contributed by atoms with van der Waals surface area (Å²) < 4.78 is 38.2. The van der Waals surface area contributed by atoms with E-state index in [9.17, 15) is 13.2 Å². The number of aryl methyl sites for hydroxylation is 1. The number of alkyl halides is 3. The molecule has 0 unspecified atom stereocenters. The predicted octanol–water partition coefficient (Wildman–Crippen LogP) is 4.75. The van der Waals surface area contributed by atoms with Crippen LogP contribution in [0, 0.1) is 6.92 Å². The summed E-state index contributed by atoms with van der Waals surface area (Å²) >= 11 is 1.28. The van der Waals surface area contributed by atoms with Gasteiger partial charge in [-0.15, -0.1) is 0 Å². The number of hydrogen-bond acceptors (Lipinski definition) is 2. The summed E-state index contributed by atoms with van der Waals surface area (Å²) in [6.07, 6.45) is -4.42. The van der Waals surface area contributed by atoms with Gasteiger partial charge >= 0.3 is 6.18 Å². The van der Waals surface area contributed by atoms with E-state index in [0.717, 1.165) is 16.5 Å². The Morgan fingerprint density at radius 3 is 2.11 bits per heavy atom. The van der Waals surface area contributed by atoms with Gasteiger partial charge in [-0.1, -0.05) is 29.5 Å². The molecule has 0 spiro atoms. The molecule has 0 bridgehead atoms. The molecule has 100 valence electrons. The van der Waals surface area contributed by atoms with E-state index in [4.69, 9.17) is 5.73 Å². The van der Waals surface area contributed by atoms with Crippen LogP contribution in [0.25, 0.3) is 0 Å². The largest absolute Gasteiger partial charge is 0.418 e. The molecular weight excluding hydrogens is 271 g/mol. The van der Waals surface area contributed by atoms with E-state index in [1.165, 1.54) is 17.8 Å². The zero-order chi connectivity index (χ0) is 14.0. The molecule has 2 N–H and O–H groups in total. The second-order valence-corrected chi connectivity index (χ2v) is 5.31.